The first-order chi connectivity index (χ1) is 15.0. The number of aromatic nitrogens is 2. The predicted octanol–water partition coefficient (Wildman–Crippen LogP) is 3.82. The minimum Gasteiger partial charge on any atom is -0.348 e. The van der Waals surface area contributed by atoms with Crippen LogP contribution in [0.5, 0.6) is 0 Å². The van der Waals surface area contributed by atoms with Crippen molar-refractivity contribution in [1.82, 2.24) is 20.2 Å². The molecule has 2 amide bonds. The summed E-state index contributed by atoms with van der Waals surface area (Å²) in [4.78, 5) is 36.4. The second-order valence-corrected chi connectivity index (χ2v) is 9.13. The quantitative estimate of drug-likeness (QED) is 0.640. The van der Waals surface area contributed by atoms with E-state index in [1.807, 2.05) is 55.6 Å². The van der Waals surface area contributed by atoms with E-state index in [0.717, 1.165) is 27.4 Å². The second-order valence-electron chi connectivity index (χ2n) is 8.19. The van der Waals surface area contributed by atoms with Crippen LogP contribution in [0.15, 0.2) is 54.2 Å². The Balaban J connectivity index is 1.46. The lowest BCUT2D eigenvalue weighted by Gasteiger charge is -2.36. The fourth-order valence-electron chi connectivity index (χ4n) is 3.81. The summed E-state index contributed by atoms with van der Waals surface area (Å²) in [5, 5.41) is 5.81. The van der Waals surface area contributed by atoms with Crippen LogP contribution in [0.3, 0.4) is 0 Å². The number of carbonyl (C=O) groups is 2. The van der Waals surface area contributed by atoms with Gasteiger partial charge in [0.15, 0.2) is 0 Å². The summed E-state index contributed by atoms with van der Waals surface area (Å²) >= 11 is 1.51. The van der Waals surface area contributed by atoms with Crippen molar-refractivity contribution in [1.29, 1.82) is 0 Å². The van der Waals surface area contributed by atoms with Gasteiger partial charge in [0.05, 0.1) is 12.2 Å². The molecule has 0 bridgehead atoms. The number of benzene rings is 1. The van der Waals surface area contributed by atoms with Crippen LogP contribution in [0.1, 0.15) is 36.4 Å². The highest BCUT2D eigenvalue weighted by Crippen LogP contribution is 2.25. The maximum atomic E-state index is 13.1. The molecule has 1 aliphatic rings. The largest absolute Gasteiger partial charge is 0.348 e. The number of fused-ring (bicyclic) bond motifs is 1. The molecule has 1 aromatic carbocycles. The van der Waals surface area contributed by atoms with E-state index in [1.165, 1.54) is 11.3 Å². The smallest absolute Gasteiger partial charge is 0.243 e. The summed E-state index contributed by atoms with van der Waals surface area (Å²) in [5.74, 6) is 0.140. The van der Waals surface area contributed by atoms with Gasteiger partial charge in [0.1, 0.15) is 11.0 Å². The molecular weight excluding hydrogens is 408 g/mol. The van der Waals surface area contributed by atoms with Crippen molar-refractivity contribution in [3.8, 4) is 11.3 Å². The Bertz CT molecular complexity index is 1060. The van der Waals surface area contributed by atoms with Crippen LogP contribution >= 0.6 is 11.3 Å². The van der Waals surface area contributed by atoms with E-state index < -0.39 is 6.04 Å². The summed E-state index contributed by atoms with van der Waals surface area (Å²) in [5.41, 5.74) is 4.12. The third-order valence-electron chi connectivity index (χ3n) is 5.40. The zero-order valence-electron chi connectivity index (χ0n) is 17.7. The first-order valence-corrected chi connectivity index (χ1v) is 11.4. The van der Waals surface area contributed by atoms with Gasteiger partial charge >= 0.3 is 0 Å². The number of nitrogens with zero attached hydrogens (tertiary/aromatic N) is 3. The molecule has 3 aromatic rings. The SMILES string of the molecule is CC(C)CC(=O)N1Cc2ccccc2CC1C(=O)NCc1nc(-c2ccncc2)cs1. The predicted molar refractivity (Wildman–Crippen MR) is 121 cm³/mol. The Morgan fingerprint density at radius 3 is 2.65 bits per heavy atom. The Labute approximate surface area is 186 Å². The Hall–Kier alpha value is -3.06. The molecule has 0 spiro atoms. The van der Waals surface area contributed by atoms with Crippen molar-refractivity contribution < 1.29 is 9.59 Å². The number of amides is 2. The van der Waals surface area contributed by atoms with Crippen LogP contribution in [0, 0.1) is 5.92 Å². The summed E-state index contributed by atoms with van der Waals surface area (Å²) in [6.07, 6.45) is 4.44. The van der Waals surface area contributed by atoms with Crippen molar-refractivity contribution in [3.63, 3.8) is 0 Å². The van der Waals surface area contributed by atoms with Gasteiger partial charge in [-0.2, -0.15) is 0 Å². The third-order valence-corrected chi connectivity index (χ3v) is 6.24. The lowest BCUT2D eigenvalue weighted by atomic mass is 9.92. The van der Waals surface area contributed by atoms with E-state index in [0.29, 0.717) is 25.9 Å². The monoisotopic (exact) mass is 434 g/mol. The standard InChI is InChI=1S/C24H26N4O2S/c1-16(2)11-23(29)28-14-19-6-4-3-5-18(19)12-21(28)24(30)26-13-22-27-20(15-31-22)17-7-9-25-10-8-17/h3-10,15-16,21H,11-14H2,1-2H3,(H,26,30). The average molecular weight is 435 g/mol. The zero-order valence-corrected chi connectivity index (χ0v) is 18.6. The molecule has 0 radical (unpaired) electrons. The normalized spacial score (nSPS) is 15.6. The average Bonchev–Trinajstić information content (AvgIpc) is 3.26. The molecule has 4 rings (SSSR count). The van der Waals surface area contributed by atoms with Crippen LogP contribution in [0.25, 0.3) is 11.3 Å². The molecule has 6 nitrogen and oxygen atoms in total. The molecule has 1 N–H and O–H groups in total. The second kappa shape index (κ2) is 9.39. The number of pyridine rings is 1. The van der Waals surface area contributed by atoms with Crippen LogP contribution in [-0.4, -0.2) is 32.7 Å². The van der Waals surface area contributed by atoms with Crippen LogP contribution < -0.4 is 5.32 Å². The summed E-state index contributed by atoms with van der Waals surface area (Å²) in [6.45, 7) is 4.86. The van der Waals surface area contributed by atoms with Gasteiger partial charge in [-0.15, -0.1) is 11.3 Å². The fourth-order valence-corrected chi connectivity index (χ4v) is 4.56. The van der Waals surface area contributed by atoms with Crippen molar-refractivity contribution in [2.75, 3.05) is 0 Å². The zero-order chi connectivity index (χ0) is 21.8. The van der Waals surface area contributed by atoms with Crippen molar-refractivity contribution in [2.45, 2.75) is 45.8 Å². The lowest BCUT2D eigenvalue weighted by Crippen LogP contribution is -2.52. The van der Waals surface area contributed by atoms with Crippen molar-refractivity contribution in [3.05, 3.63) is 70.3 Å². The molecule has 3 heterocycles. The first kappa shape index (κ1) is 21.2. The highest BCUT2D eigenvalue weighted by Gasteiger charge is 2.34. The highest BCUT2D eigenvalue weighted by atomic mass is 32.1. The molecule has 1 unspecified atom stereocenters. The van der Waals surface area contributed by atoms with E-state index in [2.05, 4.69) is 15.3 Å². The Kier molecular flexibility index (Phi) is 6.42. The number of hydrogen-bond donors (Lipinski definition) is 1. The van der Waals surface area contributed by atoms with E-state index in [1.54, 1.807) is 17.3 Å². The number of rotatable bonds is 6. The molecule has 0 saturated carbocycles. The van der Waals surface area contributed by atoms with Gasteiger partial charge in [-0.3, -0.25) is 14.6 Å². The van der Waals surface area contributed by atoms with Gasteiger partial charge in [0.2, 0.25) is 11.8 Å². The Morgan fingerprint density at radius 1 is 1.16 bits per heavy atom. The highest BCUT2D eigenvalue weighted by molar-refractivity contribution is 7.09. The molecule has 2 aromatic heterocycles. The first-order valence-electron chi connectivity index (χ1n) is 10.5. The lowest BCUT2D eigenvalue weighted by molar-refractivity contribution is -0.142. The number of thiazole rings is 1. The van der Waals surface area contributed by atoms with E-state index >= 15 is 0 Å². The summed E-state index contributed by atoms with van der Waals surface area (Å²) in [7, 11) is 0. The summed E-state index contributed by atoms with van der Waals surface area (Å²) in [6, 6.07) is 11.4. The maximum absolute atomic E-state index is 13.1. The number of carbonyl (C=O) groups excluding carboxylic acids is 2. The van der Waals surface area contributed by atoms with E-state index in [4.69, 9.17) is 0 Å². The molecule has 31 heavy (non-hydrogen) atoms. The van der Waals surface area contributed by atoms with E-state index in [9.17, 15) is 9.59 Å². The summed E-state index contributed by atoms with van der Waals surface area (Å²) < 4.78 is 0. The van der Waals surface area contributed by atoms with Gasteiger partial charge in [0, 0.05) is 42.7 Å². The van der Waals surface area contributed by atoms with Gasteiger partial charge in [-0.25, -0.2) is 4.98 Å². The number of nitrogens with one attached hydrogen (secondary N) is 1. The van der Waals surface area contributed by atoms with E-state index in [-0.39, 0.29) is 17.7 Å². The molecular formula is C24H26N4O2S. The van der Waals surface area contributed by atoms with Gasteiger partial charge < -0.3 is 10.2 Å². The van der Waals surface area contributed by atoms with Crippen LogP contribution in [0.2, 0.25) is 0 Å². The molecule has 0 fully saturated rings. The molecule has 7 heteroatoms. The molecule has 0 saturated heterocycles. The van der Waals surface area contributed by atoms with Crippen molar-refractivity contribution in [2.24, 2.45) is 5.92 Å². The Morgan fingerprint density at radius 2 is 1.90 bits per heavy atom. The molecule has 160 valence electrons. The minimum atomic E-state index is -0.499. The topological polar surface area (TPSA) is 75.2 Å². The van der Waals surface area contributed by atoms with Gasteiger partial charge in [-0.1, -0.05) is 38.1 Å². The van der Waals surface area contributed by atoms with Crippen LogP contribution in [0.4, 0.5) is 0 Å². The van der Waals surface area contributed by atoms with Gasteiger partial charge in [0.25, 0.3) is 0 Å². The minimum absolute atomic E-state index is 0.0267. The van der Waals surface area contributed by atoms with Crippen molar-refractivity contribution >= 4 is 23.2 Å². The van der Waals surface area contributed by atoms with Crippen LogP contribution in [-0.2, 0) is 29.1 Å². The number of hydrogen-bond acceptors (Lipinski definition) is 5. The fraction of sp³-hybridized carbons (Fsp3) is 0.333. The molecule has 1 aliphatic heterocycles. The third kappa shape index (κ3) is 4.99. The van der Waals surface area contributed by atoms with Gasteiger partial charge in [-0.05, 0) is 29.2 Å². The molecule has 0 aliphatic carbocycles. The maximum Gasteiger partial charge on any atom is 0.243 e. The molecule has 1 atom stereocenters.